The Hall–Kier alpha value is -1.80. The highest BCUT2D eigenvalue weighted by atomic mass is 19.4. The van der Waals surface area contributed by atoms with Crippen molar-refractivity contribution >= 4 is 5.91 Å². The first kappa shape index (κ1) is 19.5. The zero-order valence-corrected chi connectivity index (χ0v) is 14.0. The van der Waals surface area contributed by atoms with Crippen molar-refractivity contribution in [3.05, 3.63) is 29.8 Å². The lowest BCUT2D eigenvalue weighted by Gasteiger charge is -2.26. The molecule has 0 unspecified atom stereocenters. The molecule has 8 heteroatoms. The van der Waals surface area contributed by atoms with E-state index in [2.05, 4.69) is 15.0 Å². The third kappa shape index (κ3) is 7.74. The summed E-state index contributed by atoms with van der Waals surface area (Å²) in [6.45, 7) is 3.67. The molecule has 1 aromatic carbocycles. The largest absolute Gasteiger partial charge is 0.484 e. The Morgan fingerprint density at radius 3 is 2.48 bits per heavy atom. The van der Waals surface area contributed by atoms with Gasteiger partial charge >= 0.3 is 6.18 Å². The fourth-order valence-electron chi connectivity index (χ4n) is 2.46. The maximum Gasteiger partial charge on any atom is 0.422 e. The number of hydrogen-bond acceptors (Lipinski definition) is 4. The first-order valence-electron chi connectivity index (χ1n) is 8.32. The van der Waals surface area contributed by atoms with Gasteiger partial charge in [-0.15, -0.1) is 0 Å². The van der Waals surface area contributed by atoms with E-state index in [1.54, 1.807) is 0 Å². The van der Waals surface area contributed by atoms with Crippen LogP contribution in [0.4, 0.5) is 13.2 Å². The van der Waals surface area contributed by atoms with Crippen molar-refractivity contribution in [1.29, 1.82) is 0 Å². The van der Waals surface area contributed by atoms with E-state index < -0.39 is 12.8 Å². The molecule has 1 fully saturated rings. The Bertz CT molecular complexity index is 529. The van der Waals surface area contributed by atoms with Gasteiger partial charge in [0.25, 0.3) is 5.91 Å². The molecule has 0 atom stereocenters. The van der Waals surface area contributed by atoms with Crippen molar-refractivity contribution in [1.82, 2.24) is 10.2 Å². The van der Waals surface area contributed by atoms with Gasteiger partial charge in [-0.05, 0) is 43.7 Å². The number of nitrogens with zero attached hydrogens (tertiary/aromatic N) is 1. The van der Waals surface area contributed by atoms with Gasteiger partial charge in [0.1, 0.15) is 5.75 Å². The second-order valence-electron chi connectivity index (χ2n) is 5.85. The van der Waals surface area contributed by atoms with Gasteiger partial charge in [0.2, 0.25) is 0 Å². The van der Waals surface area contributed by atoms with Crippen molar-refractivity contribution in [3.63, 3.8) is 0 Å². The van der Waals surface area contributed by atoms with E-state index >= 15 is 0 Å². The molecule has 5 nitrogen and oxygen atoms in total. The fourth-order valence-corrected chi connectivity index (χ4v) is 2.46. The minimum Gasteiger partial charge on any atom is -0.484 e. The lowest BCUT2D eigenvalue weighted by atomic mass is 10.2. The normalized spacial score (nSPS) is 15.8. The number of ether oxygens (including phenoxy) is 2. The van der Waals surface area contributed by atoms with Crippen LogP contribution in [-0.2, 0) is 4.74 Å². The third-order valence-electron chi connectivity index (χ3n) is 3.81. The Labute approximate surface area is 145 Å². The summed E-state index contributed by atoms with van der Waals surface area (Å²) in [4.78, 5) is 14.3. The fraction of sp³-hybridized carbons (Fsp3) is 0.588. The zero-order chi connectivity index (χ0) is 18.1. The molecule has 0 aliphatic carbocycles. The first-order chi connectivity index (χ1) is 11.9. The monoisotopic (exact) mass is 360 g/mol. The minimum atomic E-state index is -4.38. The molecule has 0 saturated carbocycles. The molecule has 25 heavy (non-hydrogen) atoms. The van der Waals surface area contributed by atoms with E-state index in [-0.39, 0.29) is 11.7 Å². The zero-order valence-electron chi connectivity index (χ0n) is 14.0. The number of rotatable bonds is 8. The average Bonchev–Trinajstić information content (AvgIpc) is 2.60. The Kier molecular flexibility index (Phi) is 7.52. The van der Waals surface area contributed by atoms with Crippen molar-refractivity contribution in [3.8, 4) is 5.75 Å². The molecule has 1 aromatic rings. The molecule has 0 spiro atoms. The number of halogens is 3. The van der Waals surface area contributed by atoms with Crippen LogP contribution in [0, 0.1) is 0 Å². The minimum absolute atomic E-state index is 0.0828. The van der Waals surface area contributed by atoms with Crippen molar-refractivity contribution in [2.24, 2.45) is 0 Å². The van der Waals surface area contributed by atoms with Crippen LogP contribution in [0.5, 0.6) is 5.75 Å². The number of benzene rings is 1. The van der Waals surface area contributed by atoms with E-state index in [1.807, 2.05) is 0 Å². The smallest absolute Gasteiger partial charge is 0.422 e. The molecule has 0 radical (unpaired) electrons. The molecule has 1 saturated heterocycles. The van der Waals surface area contributed by atoms with Gasteiger partial charge in [0, 0.05) is 25.2 Å². The molecule has 1 N–H and O–H groups in total. The summed E-state index contributed by atoms with van der Waals surface area (Å²) in [5, 5.41) is 2.81. The highest BCUT2D eigenvalue weighted by molar-refractivity contribution is 5.94. The van der Waals surface area contributed by atoms with E-state index in [0.29, 0.717) is 12.1 Å². The van der Waals surface area contributed by atoms with Crippen LogP contribution in [0.2, 0.25) is 0 Å². The Balaban J connectivity index is 1.63. The predicted molar refractivity (Wildman–Crippen MR) is 86.8 cm³/mol. The quantitative estimate of drug-likeness (QED) is 0.724. The van der Waals surface area contributed by atoms with Crippen molar-refractivity contribution in [2.45, 2.75) is 19.0 Å². The van der Waals surface area contributed by atoms with E-state index in [1.165, 1.54) is 24.3 Å². The van der Waals surface area contributed by atoms with Gasteiger partial charge < -0.3 is 14.8 Å². The number of amides is 1. The highest BCUT2D eigenvalue weighted by Crippen LogP contribution is 2.18. The summed E-state index contributed by atoms with van der Waals surface area (Å²) >= 11 is 0. The SMILES string of the molecule is O=C(NCCCCN1CCOCC1)c1ccc(OCC(F)(F)F)cc1. The van der Waals surface area contributed by atoms with Crippen LogP contribution in [0.25, 0.3) is 0 Å². The molecule has 1 amide bonds. The van der Waals surface area contributed by atoms with Gasteiger partial charge in [-0.3, -0.25) is 9.69 Å². The van der Waals surface area contributed by atoms with Gasteiger partial charge in [-0.2, -0.15) is 13.2 Å². The van der Waals surface area contributed by atoms with Crippen molar-refractivity contribution < 1.29 is 27.4 Å². The van der Waals surface area contributed by atoms with Gasteiger partial charge in [-0.25, -0.2) is 0 Å². The maximum absolute atomic E-state index is 12.1. The lowest BCUT2D eigenvalue weighted by molar-refractivity contribution is -0.153. The first-order valence-corrected chi connectivity index (χ1v) is 8.32. The van der Waals surface area contributed by atoms with Crippen molar-refractivity contribution in [2.75, 3.05) is 46.0 Å². The standard InChI is InChI=1S/C17H23F3N2O3/c18-17(19,20)13-25-15-5-3-14(4-6-15)16(23)21-7-1-2-8-22-9-11-24-12-10-22/h3-6H,1-2,7-13H2,(H,21,23). The summed E-state index contributed by atoms with van der Waals surface area (Å²) in [5.74, 6) is -0.159. The van der Waals surface area contributed by atoms with Gasteiger partial charge in [0.15, 0.2) is 6.61 Å². The summed E-state index contributed by atoms with van der Waals surface area (Å²) in [6, 6.07) is 5.63. The molecule has 0 aromatic heterocycles. The molecule has 140 valence electrons. The molecular formula is C17H23F3N2O3. The lowest BCUT2D eigenvalue weighted by Crippen LogP contribution is -2.37. The second kappa shape index (κ2) is 9.62. The number of alkyl halides is 3. The predicted octanol–water partition coefficient (Wildman–Crippen LogP) is 2.47. The molecule has 1 heterocycles. The number of morpholine rings is 1. The molecule has 1 aliphatic rings. The second-order valence-corrected chi connectivity index (χ2v) is 5.85. The van der Waals surface area contributed by atoms with Gasteiger partial charge in [0.05, 0.1) is 13.2 Å². The number of unbranched alkanes of at least 4 members (excludes halogenated alkanes) is 1. The Morgan fingerprint density at radius 1 is 1.16 bits per heavy atom. The van der Waals surface area contributed by atoms with Crippen LogP contribution in [0.1, 0.15) is 23.2 Å². The number of carbonyl (C=O) groups excluding carboxylic acids is 1. The maximum atomic E-state index is 12.1. The van der Waals surface area contributed by atoms with Crippen LogP contribution >= 0.6 is 0 Å². The number of nitrogens with one attached hydrogen (secondary N) is 1. The van der Waals surface area contributed by atoms with Gasteiger partial charge in [-0.1, -0.05) is 0 Å². The number of hydrogen-bond donors (Lipinski definition) is 1. The summed E-state index contributed by atoms with van der Waals surface area (Å²) in [5.41, 5.74) is 0.396. The van der Waals surface area contributed by atoms with Crippen LogP contribution < -0.4 is 10.1 Å². The average molecular weight is 360 g/mol. The molecule has 1 aliphatic heterocycles. The summed E-state index contributed by atoms with van der Waals surface area (Å²) in [7, 11) is 0. The van der Waals surface area contributed by atoms with E-state index in [4.69, 9.17) is 4.74 Å². The highest BCUT2D eigenvalue weighted by Gasteiger charge is 2.28. The van der Waals surface area contributed by atoms with E-state index in [9.17, 15) is 18.0 Å². The molecule has 0 bridgehead atoms. The van der Waals surface area contributed by atoms with Crippen LogP contribution in [-0.4, -0.2) is 63.0 Å². The van der Waals surface area contributed by atoms with Crippen LogP contribution in [0.15, 0.2) is 24.3 Å². The third-order valence-corrected chi connectivity index (χ3v) is 3.81. The van der Waals surface area contributed by atoms with Crippen LogP contribution in [0.3, 0.4) is 0 Å². The molecular weight excluding hydrogens is 337 g/mol. The molecule has 2 rings (SSSR count). The van der Waals surface area contributed by atoms with E-state index in [0.717, 1.165) is 45.7 Å². The topological polar surface area (TPSA) is 50.8 Å². The summed E-state index contributed by atoms with van der Waals surface area (Å²) in [6.07, 6.45) is -2.52. The number of carbonyl (C=O) groups is 1. The Morgan fingerprint density at radius 2 is 1.84 bits per heavy atom. The summed E-state index contributed by atoms with van der Waals surface area (Å²) < 4.78 is 46.1.